The van der Waals surface area contributed by atoms with E-state index < -0.39 is 0 Å². The van der Waals surface area contributed by atoms with E-state index in [0.717, 1.165) is 43.9 Å². The third-order valence-electron chi connectivity index (χ3n) is 6.09. The minimum Gasteiger partial charge on any atom is -0.365 e. The molecule has 1 atom stereocenters. The van der Waals surface area contributed by atoms with E-state index in [1.165, 1.54) is 5.56 Å². The van der Waals surface area contributed by atoms with Gasteiger partial charge in [-0.25, -0.2) is 4.68 Å². The molecule has 0 spiro atoms. The highest BCUT2D eigenvalue weighted by Crippen LogP contribution is 2.27. The third kappa shape index (κ3) is 4.50. The van der Waals surface area contributed by atoms with Crippen LogP contribution in [0.25, 0.3) is 0 Å². The summed E-state index contributed by atoms with van der Waals surface area (Å²) < 4.78 is 8.09. The molecule has 1 amide bonds. The minimum atomic E-state index is -0.0293. The molecule has 5 rings (SSSR count). The van der Waals surface area contributed by atoms with E-state index in [1.807, 2.05) is 22.9 Å². The number of hydrogen-bond donors (Lipinski definition) is 1. The SMILES string of the molecule is O=C(NC1CCN(Cc2nnn3c2CO[C@@H](c2ccccc2)C3)CC1)c1ccncc1. The zero-order chi connectivity index (χ0) is 21.0. The summed E-state index contributed by atoms with van der Waals surface area (Å²) in [6, 6.07) is 13.9. The van der Waals surface area contributed by atoms with Crippen molar-refractivity contribution in [1.29, 1.82) is 0 Å². The van der Waals surface area contributed by atoms with Crippen molar-refractivity contribution in [2.75, 3.05) is 13.1 Å². The second kappa shape index (κ2) is 8.95. The maximum atomic E-state index is 12.4. The van der Waals surface area contributed by atoms with Crippen LogP contribution in [0.2, 0.25) is 0 Å². The first-order chi connectivity index (χ1) is 15.3. The predicted octanol–water partition coefficient (Wildman–Crippen LogP) is 2.34. The monoisotopic (exact) mass is 418 g/mol. The molecule has 160 valence electrons. The number of benzene rings is 1. The zero-order valence-electron chi connectivity index (χ0n) is 17.4. The van der Waals surface area contributed by atoms with Crippen LogP contribution in [0.15, 0.2) is 54.9 Å². The molecule has 1 aromatic carbocycles. The van der Waals surface area contributed by atoms with Crippen LogP contribution in [0.4, 0.5) is 0 Å². The second-order valence-electron chi connectivity index (χ2n) is 8.14. The standard InChI is InChI=1S/C23H26N6O2/c30-23(18-6-10-24-11-7-18)25-19-8-12-28(13-9-19)14-20-21-16-31-22(15-29(21)27-26-20)17-4-2-1-3-5-17/h1-7,10-11,19,22H,8-9,12-16H2,(H,25,30)/t22-/m1/s1. The van der Waals surface area contributed by atoms with E-state index in [2.05, 4.69) is 37.6 Å². The van der Waals surface area contributed by atoms with Gasteiger partial charge < -0.3 is 10.1 Å². The van der Waals surface area contributed by atoms with Gasteiger partial charge in [-0.15, -0.1) is 5.10 Å². The van der Waals surface area contributed by atoms with Gasteiger partial charge in [-0.05, 0) is 30.5 Å². The number of fused-ring (bicyclic) bond motifs is 1. The number of aromatic nitrogens is 4. The Morgan fingerprint density at radius 1 is 1.10 bits per heavy atom. The molecule has 0 saturated carbocycles. The Morgan fingerprint density at radius 2 is 1.87 bits per heavy atom. The van der Waals surface area contributed by atoms with Gasteiger partial charge in [0.1, 0.15) is 11.8 Å². The molecule has 4 heterocycles. The normalized spacial score (nSPS) is 19.7. The quantitative estimate of drug-likeness (QED) is 0.685. The maximum absolute atomic E-state index is 12.4. The van der Waals surface area contributed by atoms with E-state index >= 15 is 0 Å². The van der Waals surface area contributed by atoms with Crippen molar-refractivity contribution in [1.82, 2.24) is 30.2 Å². The molecule has 8 nitrogen and oxygen atoms in total. The first-order valence-corrected chi connectivity index (χ1v) is 10.8. The van der Waals surface area contributed by atoms with Gasteiger partial charge in [-0.1, -0.05) is 35.5 Å². The average molecular weight is 419 g/mol. The second-order valence-corrected chi connectivity index (χ2v) is 8.14. The summed E-state index contributed by atoms with van der Waals surface area (Å²) in [7, 11) is 0. The fourth-order valence-corrected chi connectivity index (χ4v) is 4.27. The molecule has 0 aliphatic carbocycles. The lowest BCUT2D eigenvalue weighted by Gasteiger charge is -2.32. The van der Waals surface area contributed by atoms with E-state index in [1.54, 1.807) is 24.5 Å². The minimum absolute atomic E-state index is 0.0167. The van der Waals surface area contributed by atoms with Crippen molar-refractivity contribution in [3.05, 3.63) is 77.4 Å². The van der Waals surface area contributed by atoms with Crippen LogP contribution in [0.5, 0.6) is 0 Å². The molecule has 1 saturated heterocycles. The molecule has 2 aromatic heterocycles. The van der Waals surface area contributed by atoms with Crippen molar-refractivity contribution in [2.45, 2.75) is 44.7 Å². The molecule has 8 heteroatoms. The highest BCUT2D eigenvalue weighted by molar-refractivity contribution is 5.94. The Balaban J connectivity index is 1.14. The van der Waals surface area contributed by atoms with Gasteiger partial charge in [-0.2, -0.15) is 0 Å². The third-order valence-corrected chi connectivity index (χ3v) is 6.09. The maximum Gasteiger partial charge on any atom is 0.251 e. The van der Waals surface area contributed by atoms with Crippen molar-refractivity contribution < 1.29 is 9.53 Å². The summed E-state index contributed by atoms with van der Waals surface area (Å²) in [4.78, 5) is 18.7. The molecule has 2 aliphatic rings. The van der Waals surface area contributed by atoms with Crippen molar-refractivity contribution in [2.24, 2.45) is 0 Å². The van der Waals surface area contributed by atoms with Gasteiger partial charge in [0.25, 0.3) is 5.91 Å². The fraction of sp³-hybridized carbons (Fsp3) is 0.391. The lowest BCUT2D eigenvalue weighted by molar-refractivity contribution is -0.00216. The predicted molar refractivity (Wildman–Crippen MR) is 114 cm³/mol. The first kappa shape index (κ1) is 19.8. The Morgan fingerprint density at radius 3 is 2.65 bits per heavy atom. The largest absolute Gasteiger partial charge is 0.365 e. The van der Waals surface area contributed by atoms with Crippen LogP contribution in [-0.4, -0.2) is 49.9 Å². The average Bonchev–Trinajstić information content (AvgIpc) is 3.23. The van der Waals surface area contributed by atoms with Gasteiger partial charge in [0, 0.05) is 43.6 Å². The van der Waals surface area contributed by atoms with Gasteiger partial charge in [0.2, 0.25) is 0 Å². The number of piperidine rings is 1. The van der Waals surface area contributed by atoms with Crippen LogP contribution in [-0.2, 0) is 24.4 Å². The number of hydrogen-bond acceptors (Lipinski definition) is 6. The van der Waals surface area contributed by atoms with E-state index in [-0.39, 0.29) is 18.1 Å². The lowest BCUT2D eigenvalue weighted by atomic mass is 10.0. The number of pyridine rings is 1. The molecule has 2 aliphatic heterocycles. The zero-order valence-corrected chi connectivity index (χ0v) is 17.4. The first-order valence-electron chi connectivity index (χ1n) is 10.8. The number of nitrogens with one attached hydrogen (secondary N) is 1. The van der Waals surface area contributed by atoms with Crippen LogP contribution in [0.3, 0.4) is 0 Å². The van der Waals surface area contributed by atoms with Crippen LogP contribution in [0, 0.1) is 0 Å². The Hall–Kier alpha value is -3.10. The summed E-state index contributed by atoms with van der Waals surface area (Å²) in [6.45, 7) is 3.82. The van der Waals surface area contributed by atoms with Crippen molar-refractivity contribution >= 4 is 5.91 Å². The highest BCUT2D eigenvalue weighted by Gasteiger charge is 2.27. The lowest BCUT2D eigenvalue weighted by Crippen LogP contribution is -2.44. The number of amides is 1. The molecule has 3 aromatic rings. The van der Waals surface area contributed by atoms with E-state index in [0.29, 0.717) is 18.7 Å². The number of ether oxygens (including phenoxy) is 1. The van der Waals surface area contributed by atoms with E-state index in [4.69, 9.17) is 4.74 Å². The van der Waals surface area contributed by atoms with Gasteiger partial charge in [-0.3, -0.25) is 14.7 Å². The van der Waals surface area contributed by atoms with Gasteiger partial charge in [0.15, 0.2) is 0 Å². The topological polar surface area (TPSA) is 85.2 Å². The smallest absolute Gasteiger partial charge is 0.251 e. The van der Waals surface area contributed by atoms with Gasteiger partial charge in [0.05, 0.1) is 18.8 Å². The number of carbonyl (C=O) groups excluding carboxylic acids is 1. The Kier molecular flexibility index (Phi) is 5.73. The summed E-state index contributed by atoms with van der Waals surface area (Å²) in [6.07, 6.45) is 5.15. The van der Waals surface area contributed by atoms with Crippen LogP contribution >= 0.6 is 0 Å². The molecule has 0 unspecified atom stereocenters. The Labute approximate surface area is 181 Å². The summed E-state index contributed by atoms with van der Waals surface area (Å²) in [5, 5.41) is 12.0. The highest BCUT2D eigenvalue weighted by atomic mass is 16.5. The fourth-order valence-electron chi connectivity index (χ4n) is 4.27. The molecular weight excluding hydrogens is 392 g/mol. The van der Waals surface area contributed by atoms with Crippen LogP contribution in [0.1, 0.15) is 46.3 Å². The number of nitrogens with zero attached hydrogens (tertiary/aromatic N) is 5. The van der Waals surface area contributed by atoms with Crippen molar-refractivity contribution in [3.8, 4) is 0 Å². The molecule has 0 bridgehead atoms. The van der Waals surface area contributed by atoms with Crippen LogP contribution < -0.4 is 5.32 Å². The number of carbonyl (C=O) groups is 1. The summed E-state index contributed by atoms with van der Waals surface area (Å²) >= 11 is 0. The number of rotatable bonds is 5. The Bertz CT molecular complexity index is 1020. The summed E-state index contributed by atoms with van der Waals surface area (Å²) in [5.41, 5.74) is 3.88. The summed E-state index contributed by atoms with van der Waals surface area (Å²) in [5.74, 6) is -0.0293. The number of likely N-dealkylation sites (tertiary alicyclic amines) is 1. The molecular formula is C23H26N6O2. The molecule has 31 heavy (non-hydrogen) atoms. The molecule has 1 N–H and O–H groups in total. The van der Waals surface area contributed by atoms with E-state index in [9.17, 15) is 4.79 Å². The molecule has 0 radical (unpaired) electrons. The van der Waals surface area contributed by atoms with Crippen molar-refractivity contribution in [3.63, 3.8) is 0 Å². The molecule has 1 fully saturated rings. The van der Waals surface area contributed by atoms with Gasteiger partial charge >= 0.3 is 0 Å².